The predicted molar refractivity (Wildman–Crippen MR) is 185 cm³/mol. The molecular weight excluding hydrogens is 670 g/mol. The Labute approximate surface area is 294 Å². The van der Waals surface area contributed by atoms with Crippen LogP contribution in [0.5, 0.6) is 0 Å². The molecule has 2 rings (SSSR count). The zero-order valence-corrected chi connectivity index (χ0v) is 29.1. The van der Waals surface area contributed by atoms with Crippen molar-refractivity contribution in [3.8, 4) is 0 Å². The van der Waals surface area contributed by atoms with Gasteiger partial charge in [0.1, 0.15) is 24.2 Å². The minimum Gasteiger partial charge on any atom is -0.480 e. The van der Waals surface area contributed by atoms with Crippen molar-refractivity contribution < 1.29 is 38.7 Å². The van der Waals surface area contributed by atoms with Gasteiger partial charge < -0.3 is 48.1 Å². The molecule has 1 aromatic heterocycles. The Balaban J connectivity index is 2.28. The van der Waals surface area contributed by atoms with E-state index in [9.17, 15) is 38.7 Å². The van der Waals surface area contributed by atoms with Gasteiger partial charge in [-0.25, -0.2) is 9.78 Å². The van der Waals surface area contributed by atoms with Crippen molar-refractivity contribution in [3.63, 3.8) is 0 Å². The number of carbonyl (C=O) groups is 7. The molecular formula is C32H47N9O8S. The SMILES string of the molecule is CC[C@H](C)[C@H](NC(=O)[C@@H](N)CCSC)C(=O)N[C@@H](Cc1cnc[nH]1)C(=O)N[C@@H](Cc1ccccc1)C(=O)NCC(=O)N[C@@H](CC(N)=O)C(=O)O. The van der Waals surface area contributed by atoms with Crippen LogP contribution in [0.1, 0.15) is 44.4 Å². The van der Waals surface area contributed by atoms with Crippen molar-refractivity contribution in [1.29, 1.82) is 0 Å². The molecule has 6 amide bonds. The minimum absolute atomic E-state index is 0.0103. The van der Waals surface area contributed by atoms with Crippen molar-refractivity contribution in [2.75, 3.05) is 18.6 Å². The molecule has 0 radical (unpaired) electrons. The van der Waals surface area contributed by atoms with Gasteiger partial charge in [-0.2, -0.15) is 11.8 Å². The van der Waals surface area contributed by atoms with E-state index in [1.807, 2.05) is 13.2 Å². The summed E-state index contributed by atoms with van der Waals surface area (Å²) in [5.74, 6) is -5.67. The molecule has 0 bridgehead atoms. The molecule has 0 aliphatic heterocycles. The molecule has 50 heavy (non-hydrogen) atoms. The number of carboxylic acid groups (broad SMARTS) is 1. The van der Waals surface area contributed by atoms with Gasteiger partial charge in [0.2, 0.25) is 35.4 Å². The van der Waals surface area contributed by atoms with Gasteiger partial charge in [0.15, 0.2) is 0 Å². The standard InChI is InChI=1S/C32H47N9O8S/c1-4-18(2)27(41-28(44)21(33)10-11-50-3)31(47)40-23(13-20-15-35-17-37-20)30(46)39-22(12-19-8-6-5-7-9-19)29(45)36-16-26(43)38-24(32(48)49)14-25(34)42/h5-9,15,17-18,21-24,27H,4,10-14,16,33H2,1-3H3,(H2,34,42)(H,35,37)(H,36,45)(H,38,43)(H,39,46)(H,40,47)(H,41,44)(H,48,49)/t18-,21-,22-,23-,24-,27-/m0/s1. The number of carboxylic acids is 1. The molecule has 1 heterocycles. The Morgan fingerprint density at radius 3 is 2.14 bits per heavy atom. The average molecular weight is 718 g/mol. The molecule has 1 aromatic carbocycles. The zero-order chi connectivity index (χ0) is 37.2. The van der Waals surface area contributed by atoms with Crippen LogP contribution in [0.15, 0.2) is 42.9 Å². The number of imidazole rings is 1. The summed E-state index contributed by atoms with van der Waals surface area (Å²) >= 11 is 1.54. The Morgan fingerprint density at radius 2 is 1.56 bits per heavy atom. The lowest BCUT2D eigenvalue weighted by Crippen LogP contribution is -2.60. The Morgan fingerprint density at radius 1 is 0.900 bits per heavy atom. The fraction of sp³-hybridized carbons (Fsp3) is 0.500. The molecule has 11 N–H and O–H groups in total. The number of thioether (sulfide) groups is 1. The molecule has 0 saturated heterocycles. The van der Waals surface area contributed by atoms with Crippen molar-refractivity contribution in [3.05, 3.63) is 54.1 Å². The number of aromatic nitrogens is 2. The van der Waals surface area contributed by atoms with Crippen molar-refractivity contribution in [1.82, 2.24) is 36.6 Å². The summed E-state index contributed by atoms with van der Waals surface area (Å²) < 4.78 is 0. The lowest BCUT2D eigenvalue weighted by Gasteiger charge is -2.28. The van der Waals surface area contributed by atoms with Gasteiger partial charge in [-0.1, -0.05) is 50.6 Å². The van der Waals surface area contributed by atoms with Crippen LogP contribution in [0.4, 0.5) is 0 Å². The van der Waals surface area contributed by atoms with Crippen LogP contribution in [0.2, 0.25) is 0 Å². The van der Waals surface area contributed by atoms with Gasteiger partial charge in [-0.15, -0.1) is 0 Å². The normalized spacial score (nSPS) is 14.5. The van der Waals surface area contributed by atoms with Crippen LogP contribution >= 0.6 is 11.8 Å². The number of nitrogens with two attached hydrogens (primary N) is 2. The zero-order valence-electron chi connectivity index (χ0n) is 28.3. The van der Waals surface area contributed by atoms with E-state index in [1.54, 1.807) is 37.3 Å². The maximum absolute atomic E-state index is 13.8. The van der Waals surface area contributed by atoms with Crippen LogP contribution < -0.4 is 38.1 Å². The quantitative estimate of drug-likeness (QED) is 0.0664. The van der Waals surface area contributed by atoms with E-state index in [-0.39, 0.29) is 18.8 Å². The smallest absolute Gasteiger partial charge is 0.326 e. The number of H-pyrrole nitrogens is 1. The number of rotatable bonds is 22. The highest BCUT2D eigenvalue weighted by molar-refractivity contribution is 7.98. The number of benzene rings is 1. The number of nitrogens with one attached hydrogen (secondary N) is 6. The number of hydrogen-bond acceptors (Lipinski definition) is 10. The Kier molecular flexibility index (Phi) is 17.5. The number of amides is 6. The average Bonchev–Trinajstić information content (AvgIpc) is 3.60. The third kappa shape index (κ3) is 14.3. The molecule has 17 nitrogen and oxygen atoms in total. The van der Waals surface area contributed by atoms with Gasteiger partial charge in [0.25, 0.3) is 0 Å². The van der Waals surface area contributed by atoms with Crippen LogP contribution in [0.3, 0.4) is 0 Å². The number of hydrogen-bond donors (Lipinski definition) is 9. The predicted octanol–water partition coefficient (Wildman–Crippen LogP) is -1.66. The van der Waals surface area contributed by atoms with Crippen molar-refractivity contribution in [2.24, 2.45) is 17.4 Å². The highest BCUT2D eigenvalue weighted by Crippen LogP contribution is 2.11. The second kappa shape index (κ2) is 21.2. The summed E-state index contributed by atoms with van der Waals surface area (Å²) in [4.78, 5) is 95.6. The van der Waals surface area contributed by atoms with Crippen molar-refractivity contribution in [2.45, 2.75) is 76.2 Å². The molecule has 0 spiro atoms. The summed E-state index contributed by atoms with van der Waals surface area (Å²) in [7, 11) is 0. The first-order valence-electron chi connectivity index (χ1n) is 16.0. The van der Waals surface area contributed by atoms with E-state index in [1.165, 1.54) is 24.3 Å². The summed E-state index contributed by atoms with van der Waals surface area (Å²) in [6, 6.07) is 2.77. The fourth-order valence-corrected chi connectivity index (χ4v) is 5.18. The summed E-state index contributed by atoms with van der Waals surface area (Å²) in [6.07, 6.45) is 4.98. The Hall–Kier alpha value is -4.97. The number of aliphatic carboxylic acids is 1. The highest BCUT2D eigenvalue weighted by Gasteiger charge is 2.33. The van der Waals surface area contributed by atoms with Gasteiger partial charge in [0, 0.05) is 24.7 Å². The van der Waals surface area contributed by atoms with Crippen molar-refractivity contribution >= 4 is 53.2 Å². The first-order chi connectivity index (χ1) is 23.7. The minimum atomic E-state index is -1.60. The van der Waals surface area contributed by atoms with E-state index in [0.717, 1.165) is 0 Å². The number of primary amides is 1. The molecule has 274 valence electrons. The summed E-state index contributed by atoms with van der Waals surface area (Å²) in [6.45, 7) is 2.96. The van der Waals surface area contributed by atoms with Gasteiger partial charge >= 0.3 is 5.97 Å². The second-order valence-electron chi connectivity index (χ2n) is 11.7. The van der Waals surface area contributed by atoms with Crippen LogP contribution in [-0.4, -0.2) is 105 Å². The van der Waals surface area contributed by atoms with E-state index in [0.29, 0.717) is 29.9 Å². The number of aromatic amines is 1. The van der Waals surface area contributed by atoms with Crippen LogP contribution in [0.25, 0.3) is 0 Å². The summed E-state index contributed by atoms with van der Waals surface area (Å²) in [5, 5.41) is 21.9. The first-order valence-corrected chi connectivity index (χ1v) is 17.4. The lowest BCUT2D eigenvalue weighted by molar-refractivity contribution is -0.143. The number of carbonyl (C=O) groups excluding carboxylic acids is 6. The molecule has 0 aliphatic carbocycles. The number of nitrogens with zero attached hydrogens (tertiary/aromatic N) is 1. The molecule has 2 aromatic rings. The van der Waals surface area contributed by atoms with E-state index in [2.05, 4.69) is 36.6 Å². The lowest BCUT2D eigenvalue weighted by atomic mass is 9.97. The molecule has 6 atom stereocenters. The van der Waals surface area contributed by atoms with E-state index < -0.39 is 84.6 Å². The third-order valence-corrected chi connectivity index (χ3v) is 8.40. The molecule has 0 aliphatic rings. The molecule has 18 heteroatoms. The third-order valence-electron chi connectivity index (χ3n) is 7.75. The fourth-order valence-electron chi connectivity index (χ4n) is 4.69. The van der Waals surface area contributed by atoms with Crippen LogP contribution in [-0.2, 0) is 46.4 Å². The van der Waals surface area contributed by atoms with Crippen LogP contribution in [0, 0.1) is 5.92 Å². The molecule has 0 fully saturated rings. The highest BCUT2D eigenvalue weighted by atomic mass is 32.2. The summed E-state index contributed by atoms with van der Waals surface area (Å²) in [5.41, 5.74) is 12.3. The van der Waals surface area contributed by atoms with E-state index in [4.69, 9.17) is 11.5 Å². The van der Waals surface area contributed by atoms with Gasteiger partial charge in [0.05, 0.1) is 25.3 Å². The molecule has 0 saturated carbocycles. The largest absolute Gasteiger partial charge is 0.480 e. The second-order valence-corrected chi connectivity index (χ2v) is 12.7. The van der Waals surface area contributed by atoms with Gasteiger partial charge in [-0.05, 0) is 29.9 Å². The monoisotopic (exact) mass is 717 g/mol. The Bertz CT molecular complexity index is 1440. The maximum atomic E-state index is 13.8. The first kappa shape index (κ1) is 41.2. The maximum Gasteiger partial charge on any atom is 0.326 e. The molecule has 0 unspecified atom stereocenters. The van der Waals surface area contributed by atoms with E-state index >= 15 is 0 Å². The topological polar surface area (TPSA) is 281 Å². The van der Waals surface area contributed by atoms with Gasteiger partial charge in [-0.3, -0.25) is 28.8 Å².